The SMILES string of the molecule is O=C(OS)N1CCN(Cc2cc3c(N4CCOCC4)nc(Cl)nc3s2)CC1. The molecule has 4 rings (SSSR count). The smallest absolute Gasteiger partial charge is 0.378 e. The summed E-state index contributed by atoms with van der Waals surface area (Å²) >= 11 is 11.4. The first-order chi connectivity index (χ1) is 13.1. The van der Waals surface area contributed by atoms with E-state index in [1.165, 1.54) is 4.88 Å². The van der Waals surface area contributed by atoms with Gasteiger partial charge in [0, 0.05) is 63.6 Å². The maximum atomic E-state index is 11.5. The lowest BCUT2D eigenvalue weighted by molar-refractivity contribution is 0.113. The molecule has 0 N–H and O–H groups in total. The minimum Gasteiger partial charge on any atom is -0.378 e. The van der Waals surface area contributed by atoms with Gasteiger partial charge in [-0.15, -0.1) is 11.3 Å². The number of anilines is 1. The second kappa shape index (κ2) is 8.36. The van der Waals surface area contributed by atoms with Crippen molar-refractivity contribution in [3.05, 3.63) is 16.2 Å². The maximum Gasteiger partial charge on any atom is 0.421 e. The van der Waals surface area contributed by atoms with Crippen molar-refractivity contribution < 1.29 is 13.7 Å². The predicted molar refractivity (Wildman–Crippen MR) is 108 cm³/mol. The van der Waals surface area contributed by atoms with E-state index in [1.54, 1.807) is 16.2 Å². The van der Waals surface area contributed by atoms with E-state index in [2.05, 4.69) is 42.9 Å². The Morgan fingerprint density at radius 1 is 1.22 bits per heavy atom. The Kier molecular flexibility index (Phi) is 5.88. The fourth-order valence-corrected chi connectivity index (χ4v) is 4.79. The van der Waals surface area contributed by atoms with Crippen LogP contribution >= 0.6 is 35.8 Å². The zero-order valence-electron chi connectivity index (χ0n) is 14.6. The first-order valence-corrected chi connectivity index (χ1v) is 10.3. The highest BCUT2D eigenvalue weighted by Crippen LogP contribution is 2.33. The van der Waals surface area contributed by atoms with Gasteiger partial charge in [0.15, 0.2) is 0 Å². The minimum absolute atomic E-state index is 0.274. The summed E-state index contributed by atoms with van der Waals surface area (Å²) in [6, 6.07) is 2.16. The van der Waals surface area contributed by atoms with Crippen molar-refractivity contribution in [2.45, 2.75) is 6.54 Å². The lowest BCUT2D eigenvalue weighted by atomic mass is 10.2. The second-order valence-corrected chi connectivity index (χ2v) is 8.10. The topological polar surface area (TPSA) is 71.0 Å². The number of nitrogens with zero attached hydrogens (tertiary/aromatic N) is 5. The largest absolute Gasteiger partial charge is 0.421 e. The first kappa shape index (κ1) is 19.0. The van der Waals surface area contributed by atoms with Gasteiger partial charge in [-0.05, 0) is 17.7 Å². The zero-order chi connectivity index (χ0) is 18.8. The highest BCUT2D eigenvalue weighted by atomic mass is 35.5. The van der Waals surface area contributed by atoms with Crippen molar-refractivity contribution in [3.63, 3.8) is 0 Å². The average molecular weight is 430 g/mol. The fraction of sp³-hybridized carbons (Fsp3) is 0.562. The number of carbonyl (C=O) groups excluding carboxylic acids is 1. The van der Waals surface area contributed by atoms with Crippen LogP contribution in [0.25, 0.3) is 10.2 Å². The number of ether oxygens (including phenoxy) is 1. The van der Waals surface area contributed by atoms with Crippen molar-refractivity contribution in [2.24, 2.45) is 0 Å². The average Bonchev–Trinajstić information content (AvgIpc) is 3.10. The maximum absolute atomic E-state index is 11.5. The van der Waals surface area contributed by atoms with E-state index in [0.717, 1.165) is 48.8 Å². The van der Waals surface area contributed by atoms with Crippen LogP contribution in [0.15, 0.2) is 6.07 Å². The number of hydrogen-bond donors (Lipinski definition) is 1. The van der Waals surface area contributed by atoms with E-state index in [4.69, 9.17) is 16.3 Å². The molecule has 0 radical (unpaired) electrons. The molecule has 8 nitrogen and oxygen atoms in total. The summed E-state index contributed by atoms with van der Waals surface area (Å²) in [6.07, 6.45) is -0.389. The second-order valence-electron chi connectivity index (χ2n) is 6.47. The van der Waals surface area contributed by atoms with E-state index >= 15 is 0 Å². The molecule has 1 amide bonds. The van der Waals surface area contributed by atoms with E-state index in [0.29, 0.717) is 26.3 Å². The number of hydrogen-bond acceptors (Lipinski definition) is 9. The van der Waals surface area contributed by atoms with Crippen LogP contribution in [0.3, 0.4) is 0 Å². The van der Waals surface area contributed by atoms with Gasteiger partial charge in [-0.3, -0.25) is 4.90 Å². The fourth-order valence-electron chi connectivity index (χ4n) is 3.39. The van der Waals surface area contributed by atoms with Gasteiger partial charge in [0.25, 0.3) is 0 Å². The molecule has 2 aliphatic rings. The van der Waals surface area contributed by atoms with Crippen LogP contribution in [-0.4, -0.2) is 78.3 Å². The molecule has 4 heterocycles. The lowest BCUT2D eigenvalue weighted by Crippen LogP contribution is -2.47. The van der Waals surface area contributed by atoms with Gasteiger partial charge in [-0.1, -0.05) is 0 Å². The monoisotopic (exact) mass is 429 g/mol. The van der Waals surface area contributed by atoms with Crippen LogP contribution in [0, 0.1) is 0 Å². The van der Waals surface area contributed by atoms with Gasteiger partial charge in [0.1, 0.15) is 10.6 Å². The summed E-state index contributed by atoms with van der Waals surface area (Å²) in [5.74, 6) is 0.886. The van der Waals surface area contributed by atoms with Gasteiger partial charge in [0.05, 0.1) is 18.6 Å². The van der Waals surface area contributed by atoms with Crippen LogP contribution in [0.4, 0.5) is 10.6 Å². The van der Waals surface area contributed by atoms with Gasteiger partial charge in [-0.25, -0.2) is 9.78 Å². The Morgan fingerprint density at radius 3 is 2.67 bits per heavy atom. The van der Waals surface area contributed by atoms with Crippen molar-refractivity contribution in [3.8, 4) is 0 Å². The predicted octanol–water partition coefficient (Wildman–Crippen LogP) is 2.28. The molecule has 0 atom stereocenters. The Bertz CT molecular complexity index is 822. The molecular weight excluding hydrogens is 410 g/mol. The zero-order valence-corrected chi connectivity index (χ0v) is 17.1. The number of amides is 1. The molecule has 0 aliphatic carbocycles. The van der Waals surface area contributed by atoms with Crippen LogP contribution < -0.4 is 4.90 Å². The molecule has 11 heteroatoms. The Morgan fingerprint density at radius 2 is 1.96 bits per heavy atom. The molecule has 2 saturated heterocycles. The summed E-state index contributed by atoms with van der Waals surface area (Å²) in [5, 5.41) is 1.31. The molecule has 0 aromatic carbocycles. The minimum atomic E-state index is -0.389. The summed E-state index contributed by atoms with van der Waals surface area (Å²) in [6.45, 7) is 6.65. The standard InChI is InChI=1S/C16H20ClN5O3S2/c17-15-18-13(21-5-7-24-8-6-21)12-9-11(27-14(12)19-15)10-20-1-3-22(4-2-20)16(23)25-26/h9,26H,1-8,10H2. The first-order valence-electron chi connectivity index (χ1n) is 8.75. The third-order valence-corrected chi connectivity index (χ3v) is 6.13. The van der Waals surface area contributed by atoms with E-state index in [9.17, 15) is 4.79 Å². The molecule has 146 valence electrons. The van der Waals surface area contributed by atoms with E-state index < -0.39 is 0 Å². The molecule has 0 saturated carbocycles. The van der Waals surface area contributed by atoms with Crippen LogP contribution in [-0.2, 0) is 15.5 Å². The number of morpholine rings is 1. The lowest BCUT2D eigenvalue weighted by Gasteiger charge is -2.33. The van der Waals surface area contributed by atoms with Crippen LogP contribution in [0.2, 0.25) is 5.28 Å². The summed E-state index contributed by atoms with van der Waals surface area (Å²) in [7, 11) is 0. The Balaban J connectivity index is 1.49. The molecule has 2 aliphatic heterocycles. The Labute approximate surface area is 171 Å². The van der Waals surface area contributed by atoms with Gasteiger partial charge >= 0.3 is 6.09 Å². The molecule has 2 fully saturated rings. The van der Waals surface area contributed by atoms with E-state index in [1.807, 2.05) is 0 Å². The molecule has 0 unspecified atom stereocenters. The third kappa shape index (κ3) is 4.24. The molecule has 2 aromatic rings. The van der Waals surface area contributed by atoms with Gasteiger partial charge < -0.3 is 18.7 Å². The van der Waals surface area contributed by atoms with Crippen molar-refractivity contribution in [1.82, 2.24) is 19.8 Å². The third-order valence-electron chi connectivity index (χ3n) is 4.80. The molecule has 0 spiro atoms. The van der Waals surface area contributed by atoms with Gasteiger partial charge in [0.2, 0.25) is 5.28 Å². The summed E-state index contributed by atoms with van der Waals surface area (Å²) in [5.41, 5.74) is 0. The van der Waals surface area contributed by atoms with Crippen molar-refractivity contribution >= 4 is 58.0 Å². The number of halogens is 1. The van der Waals surface area contributed by atoms with Crippen molar-refractivity contribution in [1.29, 1.82) is 0 Å². The van der Waals surface area contributed by atoms with E-state index in [-0.39, 0.29) is 11.4 Å². The number of fused-ring (bicyclic) bond motifs is 1. The summed E-state index contributed by atoms with van der Waals surface area (Å²) < 4.78 is 9.93. The number of aromatic nitrogens is 2. The van der Waals surface area contributed by atoms with Crippen molar-refractivity contribution in [2.75, 3.05) is 57.4 Å². The molecule has 2 aromatic heterocycles. The molecule has 27 heavy (non-hydrogen) atoms. The van der Waals surface area contributed by atoms with Gasteiger partial charge in [-0.2, -0.15) is 4.98 Å². The Hall–Kier alpha value is -1.33. The molecular formula is C16H20ClN5O3S2. The highest BCUT2D eigenvalue weighted by molar-refractivity contribution is 7.75. The normalized spacial score (nSPS) is 18.9. The number of thiophene rings is 1. The molecule has 0 bridgehead atoms. The number of rotatable bonds is 3. The quantitative estimate of drug-likeness (QED) is 0.456. The van der Waals surface area contributed by atoms with Crippen LogP contribution in [0.1, 0.15) is 4.88 Å². The highest BCUT2D eigenvalue weighted by Gasteiger charge is 2.23. The number of carbonyl (C=O) groups is 1. The van der Waals surface area contributed by atoms with Crippen LogP contribution in [0.5, 0.6) is 0 Å². The number of piperazine rings is 1. The number of thiol groups is 1. The summed E-state index contributed by atoms with van der Waals surface area (Å²) in [4.78, 5) is 28.7.